The topological polar surface area (TPSA) is 24.5 Å². The van der Waals surface area contributed by atoms with Gasteiger partial charge in [-0.25, -0.2) is 0 Å². The van der Waals surface area contributed by atoms with E-state index in [4.69, 9.17) is 4.74 Å². The van der Waals surface area contributed by atoms with E-state index in [1.165, 1.54) is 0 Å². The molecule has 1 aliphatic rings. The van der Waals surface area contributed by atoms with Crippen LogP contribution in [0.4, 0.5) is 0 Å². The summed E-state index contributed by atoms with van der Waals surface area (Å²) in [6.45, 7) is 12.9. The van der Waals surface area contributed by atoms with E-state index in [2.05, 4.69) is 16.8 Å². The molecule has 1 aliphatic heterocycles. The molecule has 76 valence electrons. The summed E-state index contributed by atoms with van der Waals surface area (Å²) in [4.78, 5) is 2.43. The van der Waals surface area contributed by atoms with Gasteiger partial charge in [0.2, 0.25) is 0 Å². The van der Waals surface area contributed by atoms with Gasteiger partial charge in [0.15, 0.2) is 0 Å². The molecule has 0 atom stereocenters. The van der Waals surface area contributed by atoms with Gasteiger partial charge in [0.1, 0.15) is 0 Å². The molecule has 0 amide bonds. The van der Waals surface area contributed by atoms with Crippen molar-refractivity contribution in [3.05, 3.63) is 12.2 Å². The fourth-order valence-electron chi connectivity index (χ4n) is 1.37. The molecule has 1 heterocycles. The maximum atomic E-state index is 5.44. The molecule has 1 N–H and O–H groups in total. The van der Waals surface area contributed by atoms with Crippen LogP contribution in [0.5, 0.6) is 0 Å². The molecule has 13 heavy (non-hydrogen) atoms. The molecular weight excluding hydrogens is 164 g/mol. The number of rotatable bonds is 5. The highest BCUT2D eigenvalue weighted by Gasteiger charge is 2.07. The van der Waals surface area contributed by atoms with Gasteiger partial charge in [-0.2, -0.15) is 0 Å². The first-order chi connectivity index (χ1) is 6.29. The molecule has 0 unspecified atom stereocenters. The van der Waals surface area contributed by atoms with Crippen molar-refractivity contribution in [3.63, 3.8) is 0 Å². The molecule has 0 saturated carbocycles. The first kappa shape index (κ1) is 10.7. The van der Waals surface area contributed by atoms with Crippen LogP contribution in [0, 0.1) is 0 Å². The Hall–Kier alpha value is -0.380. The summed E-state index contributed by atoms with van der Waals surface area (Å²) in [5, 5.41) is 3.33. The SMILES string of the molecule is C=C(C)COCCN1CCNCC1. The van der Waals surface area contributed by atoms with Gasteiger partial charge in [-0.3, -0.25) is 4.90 Å². The zero-order valence-electron chi connectivity index (χ0n) is 8.51. The van der Waals surface area contributed by atoms with Gasteiger partial charge in [0.05, 0.1) is 13.2 Å². The Labute approximate surface area is 80.8 Å². The first-order valence-electron chi connectivity index (χ1n) is 4.94. The van der Waals surface area contributed by atoms with Crippen LogP contribution in [0.2, 0.25) is 0 Å². The third kappa shape index (κ3) is 5.03. The minimum absolute atomic E-state index is 0.700. The summed E-state index contributed by atoms with van der Waals surface area (Å²) in [5.41, 5.74) is 1.10. The van der Waals surface area contributed by atoms with E-state index in [1.807, 2.05) is 6.92 Å². The standard InChI is InChI=1S/C10H20N2O/c1-10(2)9-13-8-7-12-5-3-11-4-6-12/h11H,1,3-9H2,2H3. The molecule has 1 saturated heterocycles. The fourth-order valence-corrected chi connectivity index (χ4v) is 1.37. The number of hydrogen-bond donors (Lipinski definition) is 1. The number of ether oxygens (including phenoxy) is 1. The molecule has 1 fully saturated rings. The third-order valence-electron chi connectivity index (χ3n) is 2.11. The predicted octanol–water partition coefficient (Wildman–Crippen LogP) is 0.484. The molecule has 0 aliphatic carbocycles. The zero-order chi connectivity index (χ0) is 9.52. The normalized spacial score (nSPS) is 18.8. The summed E-state index contributed by atoms with van der Waals surface area (Å²) in [7, 11) is 0. The van der Waals surface area contributed by atoms with Crippen LogP contribution in [0.25, 0.3) is 0 Å². The number of piperazine rings is 1. The Morgan fingerprint density at radius 1 is 1.46 bits per heavy atom. The second-order valence-electron chi connectivity index (χ2n) is 3.60. The first-order valence-corrected chi connectivity index (χ1v) is 4.94. The van der Waals surface area contributed by atoms with Gasteiger partial charge < -0.3 is 10.1 Å². The molecule has 0 aromatic carbocycles. The second kappa shape index (κ2) is 6.13. The highest BCUT2D eigenvalue weighted by atomic mass is 16.5. The van der Waals surface area contributed by atoms with Gasteiger partial charge in [0.25, 0.3) is 0 Å². The Balaban J connectivity index is 1.95. The fraction of sp³-hybridized carbons (Fsp3) is 0.800. The van der Waals surface area contributed by atoms with E-state index in [0.717, 1.165) is 44.9 Å². The van der Waals surface area contributed by atoms with Gasteiger partial charge >= 0.3 is 0 Å². The minimum Gasteiger partial charge on any atom is -0.376 e. The number of nitrogens with one attached hydrogen (secondary N) is 1. The lowest BCUT2D eigenvalue weighted by molar-refractivity contribution is 0.114. The van der Waals surface area contributed by atoms with E-state index in [0.29, 0.717) is 6.61 Å². The average molecular weight is 184 g/mol. The van der Waals surface area contributed by atoms with E-state index >= 15 is 0 Å². The minimum atomic E-state index is 0.700. The van der Waals surface area contributed by atoms with Crippen molar-refractivity contribution in [2.75, 3.05) is 45.9 Å². The Bertz CT molecular complexity index is 153. The van der Waals surface area contributed by atoms with E-state index < -0.39 is 0 Å². The van der Waals surface area contributed by atoms with Crippen molar-refractivity contribution in [1.29, 1.82) is 0 Å². The average Bonchev–Trinajstić information content (AvgIpc) is 2.14. The van der Waals surface area contributed by atoms with Gasteiger partial charge in [-0.15, -0.1) is 0 Å². The van der Waals surface area contributed by atoms with Gasteiger partial charge in [0, 0.05) is 32.7 Å². The highest BCUT2D eigenvalue weighted by molar-refractivity contribution is 4.87. The smallest absolute Gasteiger partial charge is 0.0672 e. The van der Waals surface area contributed by atoms with Crippen molar-refractivity contribution in [2.45, 2.75) is 6.92 Å². The van der Waals surface area contributed by atoms with Gasteiger partial charge in [-0.05, 0) is 6.92 Å². The van der Waals surface area contributed by atoms with E-state index in [-0.39, 0.29) is 0 Å². The van der Waals surface area contributed by atoms with Crippen LogP contribution >= 0.6 is 0 Å². The van der Waals surface area contributed by atoms with Crippen molar-refractivity contribution in [2.24, 2.45) is 0 Å². The van der Waals surface area contributed by atoms with Crippen LogP contribution in [-0.4, -0.2) is 50.8 Å². The third-order valence-corrected chi connectivity index (χ3v) is 2.11. The maximum absolute atomic E-state index is 5.44. The second-order valence-corrected chi connectivity index (χ2v) is 3.60. The lowest BCUT2D eigenvalue weighted by atomic mass is 10.3. The molecule has 0 spiro atoms. The zero-order valence-corrected chi connectivity index (χ0v) is 8.51. The summed E-state index contributed by atoms with van der Waals surface area (Å²) >= 11 is 0. The monoisotopic (exact) mass is 184 g/mol. The Morgan fingerprint density at radius 3 is 2.77 bits per heavy atom. The molecule has 1 rings (SSSR count). The molecule has 0 aromatic rings. The van der Waals surface area contributed by atoms with Crippen LogP contribution in [0.1, 0.15) is 6.92 Å². The summed E-state index contributed by atoms with van der Waals surface area (Å²) in [6, 6.07) is 0. The maximum Gasteiger partial charge on any atom is 0.0672 e. The van der Waals surface area contributed by atoms with E-state index in [9.17, 15) is 0 Å². The summed E-state index contributed by atoms with van der Waals surface area (Å²) < 4.78 is 5.44. The quantitative estimate of drug-likeness (QED) is 0.497. The summed E-state index contributed by atoms with van der Waals surface area (Å²) in [5.74, 6) is 0. The number of nitrogens with zero attached hydrogens (tertiary/aromatic N) is 1. The summed E-state index contributed by atoms with van der Waals surface area (Å²) in [6.07, 6.45) is 0. The van der Waals surface area contributed by atoms with E-state index in [1.54, 1.807) is 0 Å². The molecule has 0 aromatic heterocycles. The Morgan fingerprint density at radius 2 is 2.15 bits per heavy atom. The van der Waals surface area contributed by atoms with Crippen LogP contribution in [0.3, 0.4) is 0 Å². The number of hydrogen-bond acceptors (Lipinski definition) is 3. The molecule has 0 bridgehead atoms. The molecule has 3 heteroatoms. The largest absolute Gasteiger partial charge is 0.376 e. The van der Waals surface area contributed by atoms with Crippen LogP contribution in [-0.2, 0) is 4.74 Å². The Kier molecular flexibility index (Phi) is 5.05. The van der Waals surface area contributed by atoms with Crippen LogP contribution < -0.4 is 5.32 Å². The molecular formula is C10H20N2O. The predicted molar refractivity (Wildman–Crippen MR) is 54.9 cm³/mol. The van der Waals surface area contributed by atoms with Crippen molar-refractivity contribution in [3.8, 4) is 0 Å². The molecule has 3 nitrogen and oxygen atoms in total. The lowest BCUT2D eigenvalue weighted by Crippen LogP contribution is -2.44. The highest BCUT2D eigenvalue weighted by Crippen LogP contribution is 1.93. The van der Waals surface area contributed by atoms with Gasteiger partial charge in [-0.1, -0.05) is 12.2 Å². The van der Waals surface area contributed by atoms with Crippen molar-refractivity contribution >= 4 is 0 Å². The van der Waals surface area contributed by atoms with Crippen molar-refractivity contribution < 1.29 is 4.74 Å². The van der Waals surface area contributed by atoms with Crippen molar-refractivity contribution in [1.82, 2.24) is 10.2 Å². The molecule has 0 radical (unpaired) electrons. The van der Waals surface area contributed by atoms with Crippen LogP contribution in [0.15, 0.2) is 12.2 Å². The lowest BCUT2D eigenvalue weighted by Gasteiger charge is -2.26.